The van der Waals surface area contributed by atoms with Gasteiger partial charge in [-0.1, -0.05) is 12.2 Å². The van der Waals surface area contributed by atoms with Gasteiger partial charge >= 0.3 is 11.9 Å². The van der Waals surface area contributed by atoms with Gasteiger partial charge in [0.05, 0.1) is 25.0 Å². The van der Waals surface area contributed by atoms with E-state index in [1.165, 1.54) is 0 Å². The third-order valence-electron chi connectivity index (χ3n) is 4.47. The van der Waals surface area contributed by atoms with Crippen molar-refractivity contribution in [2.24, 2.45) is 11.8 Å². The number of allylic oxidation sites excluding steroid dienone is 2. The summed E-state index contributed by atoms with van der Waals surface area (Å²) in [5, 5.41) is 19.4. The highest BCUT2D eigenvalue weighted by molar-refractivity contribution is 5.82. The monoisotopic (exact) mass is 372 g/mol. The molecule has 0 aromatic rings. The molecule has 4 unspecified atom stereocenters. The summed E-state index contributed by atoms with van der Waals surface area (Å²) in [4.78, 5) is 27.9. The van der Waals surface area contributed by atoms with Crippen molar-refractivity contribution in [3.8, 4) is 0 Å². The molecule has 4 atom stereocenters. The fourth-order valence-corrected chi connectivity index (χ4v) is 2.60. The molecule has 0 saturated carbocycles. The maximum Gasteiger partial charge on any atom is 0.310 e. The van der Waals surface area contributed by atoms with E-state index in [9.17, 15) is 19.8 Å². The van der Waals surface area contributed by atoms with Crippen LogP contribution >= 0.6 is 0 Å². The van der Waals surface area contributed by atoms with Crippen molar-refractivity contribution in [3.63, 3.8) is 0 Å². The van der Waals surface area contributed by atoms with Crippen LogP contribution in [-0.4, -0.2) is 85.8 Å². The van der Waals surface area contributed by atoms with Crippen LogP contribution in [0, 0.1) is 11.8 Å². The van der Waals surface area contributed by atoms with Crippen molar-refractivity contribution < 1.29 is 29.3 Å². The van der Waals surface area contributed by atoms with Crippen molar-refractivity contribution >= 4 is 11.9 Å². The zero-order valence-electron chi connectivity index (χ0n) is 16.1. The Labute approximate surface area is 155 Å². The van der Waals surface area contributed by atoms with E-state index in [2.05, 4.69) is 0 Å². The summed E-state index contributed by atoms with van der Waals surface area (Å²) in [7, 11) is 6.94. The van der Waals surface area contributed by atoms with E-state index in [1.54, 1.807) is 38.0 Å². The summed E-state index contributed by atoms with van der Waals surface area (Å²) in [5.41, 5.74) is 0. The lowest BCUT2D eigenvalue weighted by molar-refractivity contribution is -0.162. The predicted octanol–water partition coefficient (Wildman–Crippen LogP) is 0.195. The summed E-state index contributed by atoms with van der Waals surface area (Å²) >= 11 is 0. The van der Waals surface area contributed by atoms with E-state index in [0.717, 1.165) is 0 Å². The lowest BCUT2D eigenvalue weighted by Gasteiger charge is -2.26. The third-order valence-corrected chi connectivity index (χ3v) is 4.47. The van der Waals surface area contributed by atoms with Crippen molar-refractivity contribution in [2.45, 2.75) is 38.1 Å². The van der Waals surface area contributed by atoms with Crippen LogP contribution in [0.2, 0.25) is 0 Å². The van der Waals surface area contributed by atoms with E-state index in [0.29, 0.717) is 25.7 Å². The van der Waals surface area contributed by atoms with Gasteiger partial charge in [-0.05, 0) is 41.0 Å². The number of rotatable bonds is 10. The van der Waals surface area contributed by atoms with E-state index in [1.807, 2.05) is 12.2 Å². The SMILES string of the molecule is CN(C)C(O)CCOC(=O)C1CC=CCC1C(=O)OCCC(O)N(C)C. The number of esters is 2. The number of carbonyl (C=O) groups is 2. The Morgan fingerprint density at radius 3 is 1.54 bits per heavy atom. The first-order chi connectivity index (χ1) is 12.2. The molecular weight excluding hydrogens is 340 g/mol. The van der Waals surface area contributed by atoms with E-state index >= 15 is 0 Å². The molecule has 1 aliphatic rings. The van der Waals surface area contributed by atoms with Gasteiger partial charge in [0.1, 0.15) is 12.5 Å². The van der Waals surface area contributed by atoms with Crippen molar-refractivity contribution in [2.75, 3.05) is 41.4 Å². The van der Waals surface area contributed by atoms with Gasteiger partial charge in [-0.3, -0.25) is 19.4 Å². The molecule has 2 N–H and O–H groups in total. The van der Waals surface area contributed by atoms with Gasteiger partial charge in [0.2, 0.25) is 0 Å². The Morgan fingerprint density at radius 2 is 1.23 bits per heavy atom. The summed E-state index contributed by atoms with van der Waals surface area (Å²) in [6.07, 6.45) is 3.82. The zero-order chi connectivity index (χ0) is 19.7. The number of ether oxygens (including phenoxy) is 2. The lowest BCUT2D eigenvalue weighted by atomic mass is 9.83. The topological polar surface area (TPSA) is 99.5 Å². The van der Waals surface area contributed by atoms with Gasteiger partial charge in [0.25, 0.3) is 0 Å². The van der Waals surface area contributed by atoms with Gasteiger partial charge in [-0.2, -0.15) is 0 Å². The minimum absolute atomic E-state index is 0.0924. The standard InChI is InChI=1S/C18H32N2O6/c1-19(2)15(21)9-11-25-17(23)13-7-5-6-8-14(13)18(24)26-12-10-16(22)20(3)4/h5-6,13-16,21-22H,7-12H2,1-4H3. The highest BCUT2D eigenvalue weighted by Crippen LogP contribution is 2.28. The Morgan fingerprint density at radius 1 is 0.885 bits per heavy atom. The molecule has 0 radical (unpaired) electrons. The number of aliphatic hydroxyl groups is 2. The minimum atomic E-state index is -0.682. The largest absolute Gasteiger partial charge is 0.465 e. The molecular formula is C18H32N2O6. The van der Waals surface area contributed by atoms with Crippen LogP contribution in [0.5, 0.6) is 0 Å². The first kappa shape index (κ1) is 22.6. The second kappa shape index (κ2) is 11.3. The molecule has 26 heavy (non-hydrogen) atoms. The molecule has 0 aromatic heterocycles. The quantitative estimate of drug-likeness (QED) is 0.319. The molecule has 8 nitrogen and oxygen atoms in total. The molecule has 1 aliphatic carbocycles. The van der Waals surface area contributed by atoms with Gasteiger partial charge in [-0.25, -0.2) is 0 Å². The Hall–Kier alpha value is -1.48. The van der Waals surface area contributed by atoms with Crippen LogP contribution in [0.1, 0.15) is 25.7 Å². The maximum absolute atomic E-state index is 12.3. The number of aliphatic hydroxyl groups excluding tert-OH is 2. The van der Waals surface area contributed by atoms with Crippen molar-refractivity contribution in [1.82, 2.24) is 9.80 Å². The van der Waals surface area contributed by atoms with Crippen LogP contribution in [-0.2, 0) is 19.1 Å². The molecule has 0 bridgehead atoms. The first-order valence-electron chi connectivity index (χ1n) is 8.91. The average Bonchev–Trinajstić information content (AvgIpc) is 2.60. The Kier molecular flexibility index (Phi) is 9.79. The van der Waals surface area contributed by atoms with Crippen molar-refractivity contribution in [1.29, 1.82) is 0 Å². The van der Waals surface area contributed by atoms with E-state index in [-0.39, 0.29) is 13.2 Å². The Balaban J connectivity index is 2.48. The van der Waals surface area contributed by atoms with Crippen LogP contribution in [0.15, 0.2) is 12.2 Å². The molecule has 0 aromatic carbocycles. The maximum atomic E-state index is 12.3. The first-order valence-corrected chi connectivity index (χ1v) is 8.91. The van der Waals surface area contributed by atoms with Crippen molar-refractivity contribution in [3.05, 3.63) is 12.2 Å². The molecule has 0 heterocycles. The fourth-order valence-electron chi connectivity index (χ4n) is 2.60. The van der Waals surface area contributed by atoms with Crippen LogP contribution in [0.25, 0.3) is 0 Å². The molecule has 1 rings (SSSR count). The van der Waals surface area contributed by atoms with Crippen LogP contribution < -0.4 is 0 Å². The predicted molar refractivity (Wildman–Crippen MR) is 95.9 cm³/mol. The van der Waals surface area contributed by atoms with E-state index < -0.39 is 36.2 Å². The average molecular weight is 372 g/mol. The molecule has 0 fully saturated rings. The van der Waals surface area contributed by atoms with Crippen LogP contribution in [0.4, 0.5) is 0 Å². The number of hydrogen-bond acceptors (Lipinski definition) is 8. The molecule has 150 valence electrons. The molecule has 0 amide bonds. The summed E-state index contributed by atoms with van der Waals surface area (Å²) in [6.45, 7) is 0.185. The van der Waals surface area contributed by atoms with Crippen LogP contribution in [0.3, 0.4) is 0 Å². The molecule has 0 spiro atoms. The number of nitrogens with zero attached hydrogens (tertiary/aromatic N) is 2. The number of carbonyl (C=O) groups excluding carboxylic acids is 2. The van der Waals surface area contributed by atoms with Gasteiger partial charge < -0.3 is 19.7 Å². The second-order valence-electron chi connectivity index (χ2n) is 6.96. The lowest BCUT2D eigenvalue weighted by Crippen LogP contribution is -2.35. The van der Waals surface area contributed by atoms with E-state index in [4.69, 9.17) is 9.47 Å². The normalized spacial score (nSPS) is 22.3. The molecule has 8 heteroatoms. The number of hydrogen-bond donors (Lipinski definition) is 2. The van der Waals surface area contributed by atoms with Gasteiger partial charge in [0.15, 0.2) is 0 Å². The highest BCUT2D eigenvalue weighted by atomic mass is 16.5. The zero-order valence-corrected chi connectivity index (χ0v) is 16.1. The molecule has 0 saturated heterocycles. The summed E-state index contributed by atoms with van der Waals surface area (Å²) < 4.78 is 10.5. The minimum Gasteiger partial charge on any atom is -0.465 e. The molecule has 0 aliphatic heterocycles. The highest BCUT2D eigenvalue weighted by Gasteiger charge is 2.36. The van der Waals surface area contributed by atoms with Gasteiger partial charge in [-0.15, -0.1) is 0 Å². The smallest absolute Gasteiger partial charge is 0.310 e. The van der Waals surface area contributed by atoms with Gasteiger partial charge in [0, 0.05) is 12.8 Å². The third kappa shape index (κ3) is 7.41. The summed E-state index contributed by atoms with van der Waals surface area (Å²) in [6, 6.07) is 0. The summed E-state index contributed by atoms with van der Waals surface area (Å²) in [5.74, 6) is -2.06. The Bertz CT molecular complexity index is 438. The fraction of sp³-hybridized carbons (Fsp3) is 0.778. The second-order valence-corrected chi connectivity index (χ2v) is 6.96.